The number of hydrogen-bond acceptors (Lipinski definition) is 7. The average Bonchev–Trinajstić information content (AvgIpc) is 3.27. The van der Waals surface area contributed by atoms with Gasteiger partial charge in [-0.3, -0.25) is 19.5 Å². The number of aromatic nitrogens is 3. The van der Waals surface area contributed by atoms with Crippen molar-refractivity contribution < 1.29 is 9.72 Å². The first kappa shape index (κ1) is 24.2. The zero-order chi connectivity index (χ0) is 24.6. The second-order valence-corrected chi connectivity index (χ2v) is 8.85. The monoisotopic (exact) mass is 508 g/mol. The Kier molecular flexibility index (Phi) is 7.96. The maximum atomic E-state index is 12.4. The Hall–Kier alpha value is -3.89. The first-order valence-electron chi connectivity index (χ1n) is 10.7. The van der Waals surface area contributed by atoms with E-state index in [2.05, 4.69) is 20.8 Å². The summed E-state index contributed by atoms with van der Waals surface area (Å²) < 4.78 is 1.94. The fraction of sp³-hybridized carbons (Fsp3) is 0.125. The van der Waals surface area contributed by atoms with Crippen LogP contribution in [0.25, 0.3) is 5.69 Å². The Balaban J connectivity index is 1.43. The maximum absolute atomic E-state index is 12.4. The molecule has 0 aliphatic heterocycles. The molecule has 0 atom stereocenters. The van der Waals surface area contributed by atoms with Gasteiger partial charge in [-0.2, -0.15) is 0 Å². The number of carbonyl (C=O) groups excluding carboxylic acids is 1. The van der Waals surface area contributed by atoms with E-state index in [1.54, 1.807) is 12.1 Å². The van der Waals surface area contributed by atoms with Gasteiger partial charge in [-0.1, -0.05) is 53.7 Å². The average molecular weight is 509 g/mol. The molecule has 11 heteroatoms. The van der Waals surface area contributed by atoms with Gasteiger partial charge in [-0.15, -0.1) is 10.2 Å². The van der Waals surface area contributed by atoms with E-state index < -0.39 is 4.92 Å². The molecule has 0 aliphatic rings. The van der Waals surface area contributed by atoms with Crippen LogP contribution in [0, 0.1) is 10.1 Å². The molecule has 178 valence electrons. The van der Waals surface area contributed by atoms with Gasteiger partial charge in [0.15, 0.2) is 11.0 Å². The summed E-state index contributed by atoms with van der Waals surface area (Å²) in [5.74, 6) is 0.808. The van der Waals surface area contributed by atoms with Crippen LogP contribution in [0.5, 0.6) is 0 Å². The van der Waals surface area contributed by atoms with E-state index in [9.17, 15) is 14.9 Å². The number of nitro benzene ring substituents is 1. The summed E-state index contributed by atoms with van der Waals surface area (Å²) in [5.41, 5.74) is 1.83. The summed E-state index contributed by atoms with van der Waals surface area (Å²) in [5, 5.41) is 27.1. The number of nitrogens with one attached hydrogen (secondary N) is 2. The molecule has 0 radical (unpaired) electrons. The molecule has 9 nitrogen and oxygen atoms in total. The molecule has 0 saturated heterocycles. The fourth-order valence-corrected chi connectivity index (χ4v) is 4.31. The normalized spacial score (nSPS) is 10.7. The first-order valence-corrected chi connectivity index (χ1v) is 12.0. The molecule has 3 aromatic carbocycles. The molecule has 0 saturated carbocycles. The van der Waals surface area contributed by atoms with Crippen LogP contribution in [0.15, 0.2) is 84.0 Å². The second-order valence-electron chi connectivity index (χ2n) is 7.35. The molecule has 0 fully saturated rings. The van der Waals surface area contributed by atoms with E-state index >= 15 is 0 Å². The predicted octanol–water partition coefficient (Wildman–Crippen LogP) is 5.56. The van der Waals surface area contributed by atoms with Crippen molar-refractivity contribution in [1.29, 1.82) is 0 Å². The molecule has 0 bridgehead atoms. The van der Waals surface area contributed by atoms with Crippen molar-refractivity contribution in [3.8, 4) is 5.69 Å². The number of carbonyl (C=O) groups is 1. The van der Waals surface area contributed by atoms with Crippen molar-refractivity contribution in [2.45, 2.75) is 18.1 Å². The van der Waals surface area contributed by atoms with Crippen LogP contribution in [-0.4, -0.2) is 31.3 Å². The summed E-state index contributed by atoms with van der Waals surface area (Å²) in [4.78, 5) is 23.0. The molecule has 0 aliphatic carbocycles. The molecule has 2 N–H and O–H groups in total. The highest BCUT2D eigenvalue weighted by molar-refractivity contribution is 7.99. The SMILES string of the molecule is O=C(CCSc1nnc(CNc2ccc(Cl)cc2)n1-c1ccccc1)Nc1ccccc1[N+](=O)[O-]. The van der Waals surface area contributed by atoms with Gasteiger partial charge in [0, 0.05) is 34.6 Å². The van der Waals surface area contributed by atoms with Crippen LogP contribution in [0.3, 0.4) is 0 Å². The van der Waals surface area contributed by atoms with Crippen LogP contribution >= 0.6 is 23.4 Å². The summed E-state index contributed by atoms with van der Waals surface area (Å²) in [6, 6.07) is 23.2. The van der Waals surface area contributed by atoms with Crippen molar-refractivity contribution in [1.82, 2.24) is 14.8 Å². The number of para-hydroxylation sites is 3. The summed E-state index contributed by atoms with van der Waals surface area (Å²) >= 11 is 7.34. The first-order chi connectivity index (χ1) is 17.0. The van der Waals surface area contributed by atoms with E-state index in [1.165, 1.54) is 23.9 Å². The molecule has 1 amide bonds. The van der Waals surface area contributed by atoms with Crippen molar-refractivity contribution in [3.05, 3.63) is 99.8 Å². The largest absolute Gasteiger partial charge is 0.378 e. The maximum Gasteiger partial charge on any atom is 0.292 e. The Labute approximate surface area is 210 Å². The summed E-state index contributed by atoms with van der Waals surface area (Å²) in [6.07, 6.45) is 0.150. The molecule has 0 spiro atoms. The molecule has 4 rings (SSSR count). The summed E-state index contributed by atoms with van der Waals surface area (Å²) in [6.45, 7) is 0.433. The number of anilines is 2. The lowest BCUT2D eigenvalue weighted by Gasteiger charge is -2.11. The number of nitro groups is 1. The van der Waals surface area contributed by atoms with Crippen molar-refractivity contribution in [3.63, 3.8) is 0 Å². The van der Waals surface area contributed by atoms with Gasteiger partial charge in [0.1, 0.15) is 5.69 Å². The highest BCUT2D eigenvalue weighted by Gasteiger charge is 2.17. The van der Waals surface area contributed by atoms with Crippen LogP contribution in [0.1, 0.15) is 12.2 Å². The van der Waals surface area contributed by atoms with Gasteiger partial charge in [0.05, 0.1) is 11.5 Å². The lowest BCUT2D eigenvalue weighted by atomic mass is 10.2. The quantitative estimate of drug-likeness (QED) is 0.164. The van der Waals surface area contributed by atoms with Gasteiger partial charge in [-0.25, -0.2) is 0 Å². The van der Waals surface area contributed by atoms with Gasteiger partial charge in [0.25, 0.3) is 5.69 Å². The van der Waals surface area contributed by atoms with Crippen LogP contribution in [0.4, 0.5) is 17.1 Å². The van der Waals surface area contributed by atoms with Crippen LogP contribution in [-0.2, 0) is 11.3 Å². The molecule has 35 heavy (non-hydrogen) atoms. The number of hydrogen-bond donors (Lipinski definition) is 2. The number of nitrogens with zero attached hydrogens (tertiary/aromatic N) is 4. The van der Waals surface area contributed by atoms with Crippen molar-refractivity contribution >= 4 is 46.3 Å². The third-order valence-electron chi connectivity index (χ3n) is 4.94. The lowest BCUT2D eigenvalue weighted by molar-refractivity contribution is -0.383. The van der Waals surface area contributed by atoms with Gasteiger partial charge < -0.3 is 10.6 Å². The van der Waals surface area contributed by atoms with E-state index in [1.807, 2.05) is 59.2 Å². The topological polar surface area (TPSA) is 115 Å². The van der Waals surface area contributed by atoms with Crippen molar-refractivity contribution in [2.75, 3.05) is 16.4 Å². The number of halogens is 1. The number of thioether (sulfide) groups is 1. The Morgan fingerprint density at radius 2 is 1.71 bits per heavy atom. The fourth-order valence-electron chi connectivity index (χ4n) is 3.28. The minimum absolute atomic E-state index is 0.143. The Morgan fingerprint density at radius 3 is 2.46 bits per heavy atom. The third-order valence-corrected chi connectivity index (χ3v) is 6.13. The Morgan fingerprint density at radius 1 is 1.00 bits per heavy atom. The number of benzene rings is 3. The van der Waals surface area contributed by atoms with E-state index in [0.717, 1.165) is 11.4 Å². The summed E-state index contributed by atoms with van der Waals surface area (Å²) in [7, 11) is 0. The molecular formula is C24H21ClN6O3S. The molecule has 4 aromatic rings. The number of rotatable bonds is 10. The van der Waals surface area contributed by atoms with Crippen molar-refractivity contribution in [2.24, 2.45) is 0 Å². The molecule has 1 heterocycles. The predicted molar refractivity (Wildman–Crippen MR) is 137 cm³/mol. The van der Waals surface area contributed by atoms with Gasteiger partial charge >= 0.3 is 0 Å². The lowest BCUT2D eigenvalue weighted by Crippen LogP contribution is -2.13. The van der Waals surface area contributed by atoms with Gasteiger partial charge in [0.2, 0.25) is 5.91 Å². The zero-order valence-corrected chi connectivity index (χ0v) is 20.0. The molecule has 0 unspecified atom stereocenters. The van der Waals surface area contributed by atoms with E-state index in [-0.39, 0.29) is 23.7 Å². The zero-order valence-electron chi connectivity index (χ0n) is 18.4. The minimum Gasteiger partial charge on any atom is -0.378 e. The smallest absolute Gasteiger partial charge is 0.292 e. The third kappa shape index (κ3) is 6.37. The van der Waals surface area contributed by atoms with E-state index in [4.69, 9.17) is 11.6 Å². The van der Waals surface area contributed by atoms with E-state index in [0.29, 0.717) is 28.3 Å². The minimum atomic E-state index is -0.522. The Bertz CT molecular complexity index is 1310. The standard InChI is InChI=1S/C24H21ClN6O3S/c25-17-10-12-18(13-11-17)26-16-22-28-29-24(30(22)19-6-2-1-3-7-19)35-15-14-23(32)27-20-8-4-5-9-21(20)31(33)34/h1-13,26H,14-16H2,(H,27,32). The van der Waals surface area contributed by atoms with Crippen LogP contribution < -0.4 is 10.6 Å². The molecule has 1 aromatic heterocycles. The van der Waals surface area contributed by atoms with Crippen LogP contribution in [0.2, 0.25) is 5.02 Å². The second kappa shape index (κ2) is 11.5. The van der Waals surface area contributed by atoms with Gasteiger partial charge in [-0.05, 0) is 42.5 Å². The highest BCUT2D eigenvalue weighted by Crippen LogP contribution is 2.25. The molecular weight excluding hydrogens is 488 g/mol. The highest BCUT2D eigenvalue weighted by atomic mass is 35.5. The number of amides is 1.